The van der Waals surface area contributed by atoms with Crippen LogP contribution < -0.4 is 0 Å². The molecule has 1 aromatic carbocycles. The van der Waals surface area contributed by atoms with Crippen molar-refractivity contribution in [2.24, 2.45) is 5.92 Å². The maximum Gasteiger partial charge on any atom is 0.162 e. The Labute approximate surface area is 89.3 Å². The number of ketones is 1. The van der Waals surface area contributed by atoms with Crippen LogP contribution in [0.25, 0.3) is 0 Å². The largest absolute Gasteiger partial charge is 0.294 e. The molecule has 1 aromatic rings. The highest BCUT2D eigenvalue weighted by atomic mass is 19.1. The minimum atomic E-state index is -0.314. The average molecular weight is 206 g/mol. The second-order valence-electron chi connectivity index (χ2n) is 4.32. The van der Waals surface area contributed by atoms with E-state index < -0.39 is 0 Å². The monoisotopic (exact) mass is 206 g/mol. The van der Waals surface area contributed by atoms with Gasteiger partial charge < -0.3 is 0 Å². The van der Waals surface area contributed by atoms with Crippen LogP contribution in [0.4, 0.5) is 4.39 Å². The third-order valence-corrected chi connectivity index (χ3v) is 2.98. The molecule has 1 saturated carbocycles. The zero-order chi connectivity index (χ0) is 10.8. The first kappa shape index (κ1) is 10.3. The lowest BCUT2D eigenvalue weighted by atomic mass is 10.0. The van der Waals surface area contributed by atoms with E-state index in [0.29, 0.717) is 5.56 Å². The number of rotatable bonds is 4. The van der Waals surface area contributed by atoms with Gasteiger partial charge in [-0.25, -0.2) is 4.39 Å². The molecule has 0 aromatic heterocycles. The number of carbonyl (C=O) groups excluding carboxylic acids is 1. The number of carbonyl (C=O) groups is 1. The highest BCUT2D eigenvalue weighted by Crippen LogP contribution is 2.33. The maximum absolute atomic E-state index is 13.8. The Hall–Kier alpha value is -1.18. The maximum atomic E-state index is 13.8. The zero-order valence-electron chi connectivity index (χ0n) is 8.92. The minimum Gasteiger partial charge on any atom is -0.294 e. The first-order valence-electron chi connectivity index (χ1n) is 5.47. The molecule has 0 amide bonds. The molecule has 0 N–H and O–H groups in total. The molecule has 1 fully saturated rings. The Bertz CT molecular complexity index is 380. The van der Waals surface area contributed by atoms with Crippen molar-refractivity contribution in [3.8, 4) is 0 Å². The molecule has 0 aliphatic heterocycles. The van der Waals surface area contributed by atoms with E-state index in [2.05, 4.69) is 0 Å². The van der Waals surface area contributed by atoms with Crippen LogP contribution in [0.2, 0.25) is 0 Å². The number of aryl methyl sites for hydroxylation is 1. The van der Waals surface area contributed by atoms with Crippen molar-refractivity contribution >= 4 is 5.78 Å². The van der Waals surface area contributed by atoms with Crippen LogP contribution in [0.1, 0.15) is 42.1 Å². The van der Waals surface area contributed by atoms with Gasteiger partial charge in [0.15, 0.2) is 5.78 Å². The lowest BCUT2D eigenvalue weighted by Gasteiger charge is -2.05. The van der Waals surface area contributed by atoms with Crippen molar-refractivity contribution in [2.45, 2.75) is 32.6 Å². The van der Waals surface area contributed by atoms with Crippen molar-refractivity contribution < 1.29 is 9.18 Å². The van der Waals surface area contributed by atoms with E-state index in [4.69, 9.17) is 0 Å². The first-order valence-corrected chi connectivity index (χ1v) is 5.47. The molecule has 0 saturated heterocycles. The number of Topliss-reactive ketones (excluding diaryl/α,β-unsaturated/α-hetero) is 1. The smallest absolute Gasteiger partial charge is 0.162 e. The summed E-state index contributed by atoms with van der Waals surface area (Å²) in [6.45, 7) is 1.41. The minimum absolute atomic E-state index is 0.194. The predicted molar refractivity (Wildman–Crippen MR) is 57.4 cm³/mol. The van der Waals surface area contributed by atoms with Crippen LogP contribution in [-0.2, 0) is 6.42 Å². The molecular weight excluding hydrogens is 191 g/mol. The van der Waals surface area contributed by atoms with Crippen LogP contribution in [0, 0.1) is 11.7 Å². The Morgan fingerprint density at radius 2 is 2.20 bits per heavy atom. The molecule has 1 aliphatic carbocycles. The SMILES string of the molecule is CC(=O)c1cccc(CCC2CC2)c1F. The van der Waals surface area contributed by atoms with E-state index in [9.17, 15) is 9.18 Å². The summed E-state index contributed by atoms with van der Waals surface area (Å²) >= 11 is 0. The van der Waals surface area contributed by atoms with Crippen LogP contribution in [0.3, 0.4) is 0 Å². The third-order valence-electron chi connectivity index (χ3n) is 2.98. The molecule has 0 unspecified atom stereocenters. The fourth-order valence-electron chi connectivity index (χ4n) is 1.81. The molecule has 1 nitrogen and oxygen atoms in total. The van der Waals surface area contributed by atoms with Gasteiger partial charge in [-0.15, -0.1) is 0 Å². The number of hydrogen-bond acceptors (Lipinski definition) is 1. The van der Waals surface area contributed by atoms with Crippen molar-refractivity contribution in [1.82, 2.24) is 0 Å². The number of halogens is 1. The second-order valence-corrected chi connectivity index (χ2v) is 4.32. The number of benzene rings is 1. The van der Waals surface area contributed by atoms with Gasteiger partial charge in [0.1, 0.15) is 5.82 Å². The highest BCUT2D eigenvalue weighted by Gasteiger charge is 2.21. The summed E-state index contributed by atoms with van der Waals surface area (Å²) in [5.41, 5.74) is 0.915. The molecule has 0 heterocycles. The third kappa shape index (κ3) is 2.44. The highest BCUT2D eigenvalue weighted by molar-refractivity contribution is 5.94. The van der Waals surface area contributed by atoms with E-state index in [0.717, 1.165) is 18.8 Å². The van der Waals surface area contributed by atoms with Gasteiger partial charge in [0.25, 0.3) is 0 Å². The fourth-order valence-corrected chi connectivity index (χ4v) is 1.81. The van der Waals surface area contributed by atoms with E-state index in [1.54, 1.807) is 18.2 Å². The molecule has 1 aliphatic rings. The number of hydrogen-bond donors (Lipinski definition) is 0. The van der Waals surface area contributed by atoms with E-state index in [1.807, 2.05) is 0 Å². The van der Waals surface area contributed by atoms with E-state index in [-0.39, 0.29) is 17.2 Å². The molecule has 0 radical (unpaired) electrons. The van der Waals surface area contributed by atoms with Gasteiger partial charge in [0, 0.05) is 0 Å². The van der Waals surface area contributed by atoms with Crippen LogP contribution in [0.15, 0.2) is 18.2 Å². The van der Waals surface area contributed by atoms with Gasteiger partial charge in [0.2, 0.25) is 0 Å². The summed E-state index contributed by atoms with van der Waals surface area (Å²) in [5.74, 6) is 0.289. The Morgan fingerprint density at radius 3 is 2.80 bits per heavy atom. The quantitative estimate of drug-likeness (QED) is 0.690. The molecular formula is C13H15FO. The summed E-state index contributed by atoms with van der Waals surface area (Å²) in [6, 6.07) is 5.10. The lowest BCUT2D eigenvalue weighted by Crippen LogP contribution is -2.01. The topological polar surface area (TPSA) is 17.1 Å². The van der Waals surface area contributed by atoms with Gasteiger partial charge in [0.05, 0.1) is 5.56 Å². The van der Waals surface area contributed by atoms with Gasteiger partial charge >= 0.3 is 0 Å². The van der Waals surface area contributed by atoms with Crippen molar-refractivity contribution in [1.29, 1.82) is 0 Å². The van der Waals surface area contributed by atoms with Crippen molar-refractivity contribution in [2.75, 3.05) is 0 Å². The Kier molecular flexibility index (Phi) is 2.85. The summed E-state index contributed by atoms with van der Waals surface area (Å²) in [4.78, 5) is 11.1. The van der Waals surface area contributed by atoms with Crippen LogP contribution >= 0.6 is 0 Å². The second kappa shape index (κ2) is 4.13. The van der Waals surface area contributed by atoms with Crippen LogP contribution in [-0.4, -0.2) is 5.78 Å². The summed E-state index contributed by atoms with van der Waals surface area (Å²) in [5, 5.41) is 0. The van der Waals surface area contributed by atoms with E-state index in [1.165, 1.54) is 19.8 Å². The average Bonchev–Trinajstić information content (AvgIpc) is 2.99. The summed E-state index contributed by atoms with van der Waals surface area (Å²) in [6.07, 6.45) is 4.39. The lowest BCUT2D eigenvalue weighted by molar-refractivity contribution is 0.101. The molecule has 0 spiro atoms. The molecule has 2 heteroatoms. The molecule has 80 valence electrons. The van der Waals surface area contributed by atoms with E-state index >= 15 is 0 Å². The van der Waals surface area contributed by atoms with Gasteiger partial charge in [-0.05, 0) is 37.3 Å². The zero-order valence-corrected chi connectivity index (χ0v) is 8.92. The summed E-state index contributed by atoms with van der Waals surface area (Å²) in [7, 11) is 0. The molecule has 0 bridgehead atoms. The molecule has 0 atom stereocenters. The molecule has 2 rings (SSSR count). The predicted octanol–water partition coefficient (Wildman–Crippen LogP) is 3.37. The first-order chi connectivity index (χ1) is 7.18. The van der Waals surface area contributed by atoms with Gasteiger partial charge in [-0.3, -0.25) is 4.79 Å². The standard InChI is InChI=1S/C13H15FO/c1-9(15)12-4-2-3-11(13(12)14)8-7-10-5-6-10/h2-4,10H,5-8H2,1H3. The van der Waals surface area contributed by atoms with Crippen LogP contribution in [0.5, 0.6) is 0 Å². The van der Waals surface area contributed by atoms with Gasteiger partial charge in [-0.2, -0.15) is 0 Å². The normalized spacial score (nSPS) is 15.3. The Balaban J connectivity index is 2.14. The van der Waals surface area contributed by atoms with Crippen molar-refractivity contribution in [3.05, 3.63) is 35.1 Å². The van der Waals surface area contributed by atoms with Crippen molar-refractivity contribution in [3.63, 3.8) is 0 Å². The fraction of sp³-hybridized carbons (Fsp3) is 0.462. The Morgan fingerprint density at radius 1 is 1.47 bits per heavy atom. The van der Waals surface area contributed by atoms with Gasteiger partial charge in [-0.1, -0.05) is 25.0 Å². The summed E-state index contributed by atoms with van der Waals surface area (Å²) < 4.78 is 13.8. The molecule has 15 heavy (non-hydrogen) atoms.